The van der Waals surface area contributed by atoms with E-state index in [1.54, 1.807) is 0 Å². The zero-order valence-corrected chi connectivity index (χ0v) is 13.7. The average Bonchev–Trinajstić information content (AvgIpc) is 2.82. The first-order valence-corrected chi connectivity index (χ1v) is 8.40. The summed E-state index contributed by atoms with van der Waals surface area (Å²) in [6, 6.07) is 1.16. The molecular weight excluding hydrogens is 266 g/mol. The van der Waals surface area contributed by atoms with Crippen molar-refractivity contribution in [2.45, 2.75) is 83.0 Å². The minimum atomic E-state index is -0.433. The lowest BCUT2D eigenvalue weighted by Gasteiger charge is -2.28. The summed E-state index contributed by atoms with van der Waals surface area (Å²) in [6.07, 6.45) is 6.91. The average molecular weight is 297 g/mol. The molecule has 122 valence electrons. The van der Waals surface area contributed by atoms with Crippen LogP contribution in [-0.4, -0.2) is 42.9 Å². The van der Waals surface area contributed by atoms with Gasteiger partial charge in [-0.15, -0.1) is 0 Å². The van der Waals surface area contributed by atoms with Gasteiger partial charge >= 0.3 is 6.09 Å². The molecule has 3 N–H and O–H groups in total. The first-order chi connectivity index (χ1) is 9.94. The van der Waals surface area contributed by atoms with Crippen LogP contribution in [0.2, 0.25) is 0 Å². The highest BCUT2D eigenvalue weighted by atomic mass is 16.6. The number of hydrogen-bond acceptors (Lipinski definition) is 4. The number of amides is 1. The Morgan fingerprint density at radius 1 is 1.14 bits per heavy atom. The topological polar surface area (TPSA) is 62.4 Å². The van der Waals surface area contributed by atoms with Crippen molar-refractivity contribution >= 4 is 6.09 Å². The number of alkyl carbamates (subject to hydrolysis) is 1. The van der Waals surface area contributed by atoms with Gasteiger partial charge in [0.05, 0.1) is 0 Å². The van der Waals surface area contributed by atoms with Crippen molar-refractivity contribution in [2.75, 3.05) is 13.1 Å². The zero-order valence-electron chi connectivity index (χ0n) is 13.7. The monoisotopic (exact) mass is 297 g/mol. The number of ether oxygens (including phenoxy) is 1. The molecule has 21 heavy (non-hydrogen) atoms. The molecule has 0 bridgehead atoms. The Bertz CT molecular complexity index is 335. The Morgan fingerprint density at radius 3 is 2.57 bits per heavy atom. The summed E-state index contributed by atoms with van der Waals surface area (Å²) in [5.74, 6) is 0. The first-order valence-electron chi connectivity index (χ1n) is 8.40. The summed E-state index contributed by atoms with van der Waals surface area (Å²) in [5.41, 5.74) is -0.433. The SMILES string of the molecule is CC(C)(C)OC(=O)NC1CCCC1NCC1CCCCN1. The van der Waals surface area contributed by atoms with Crippen molar-refractivity contribution in [3.05, 3.63) is 0 Å². The number of nitrogens with one attached hydrogen (secondary N) is 3. The van der Waals surface area contributed by atoms with Crippen molar-refractivity contribution in [2.24, 2.45) is 0 Å². The lowest BCUT2D eigenvalue weighted by molar-refractivity contribution is 0.0498. The fourth-order valence-corrected chi connectivity index (χ4v) is 3.23. The summed E-state index contributed by atoms with van der Waals surface area (Å²) in [4.78, 5) is 11.9. The van der Waals surface area contributed by atoms with E-state index in [0.717, 1.165) is 32.4 Å². The highest BCUT2D eigenvalue weighted by Crippen LogP contribution is 2.20. The van der Waals surface area contributed by atoms with E-state index >= 15 is 0 Å². The largest absolute Gasteiger partial charge is 0.444 e. The summed E-state index contributed by atoms with van der Waals surface area (Å²) in [5, 5.41) is 10.2. The van der Waals surface area contributed by atoms with Gasteiger partial charge in [-0.05, 0) is 59.4 Å². The van der Waals surface area contributed by atoms with Gasteiger partial charge in [0.15, 0.2) is 0 Å². The first kappa shape index (κ1) is 16.6. The van der Waals surface area contributed by atoms with Gasteiger partial charge in [-0.25, -0.2) is 4.79 Å². The van der Waals surface area contributed by atoms with Gasteiger partial charge in [0.25, 0.3) is 0 Å². The summed E-state index contributed by atoms with van der Waals surface area (Å²) < 4.78 is 5.35. The second-order valence-corrected chi connectivity index (χ2v) is 7.35. The van der Waals surface area contributed by atoms with Gasteiger partial charge in [0.1, 0.15) is 5.60 Å². The summed E-state index contributed by atoms with van der Waals surface area (Å²) in [6.45, 7) is 7.82. The number of hydrogen-bond donors (Lipinski definition) is 3. The quantitative estimate of drug-likeness (QED) is 0.744. The molecule has 1 heterocycles. The third kappa shape index (κ3) is 5.83. The molecule has 2 fully saturated rings. The molecule has 1 saturated heterocycles. The van der Waals surface area contributed by atoms with E-state index < -0.39 is 5.60 Å². The fourth-order valence-electron chi connectivity index (χ4n) is 3.23. The van der Waals surface area contributed by atoms with E-state index in [2.05, 4.69) is 16.0 Å². The Hall–Kier alpha value is -0.810. The number of rotatable bonds is 4. The van der Waals surface area contributed by atoms with Crippen molar-refractivity contribution in [1.82, 2.24) is 16.0 Å². The molecule has 5 heteroatoms. The van der Waals surface area contributed by atoms with Gasteiger partial charge in [-0.1, -0.05) is 6.42 Å². The molecule has 3 atom stereocenters. The molecular formula is C16H31N3O2. The van der Waals surface area contributed by atoms with E-state index in [0.29, 0.717) is 12.1 Å². The highest BCUT2D eigenvalue weighted by Gasteiger charge is 2.30. The highest BCUT2D eigenvalue weighted by molar-refractivity contribution is 5.68. The lowest BCUT2D eigenvalue weighted by atomic mass is 10.0. The molecule has 5 nitrogen and oxygen atoms in total. The van der Waals surface area contributed by atoms with Gasteiger partial charge in [-0.3, -0.25) is 0 Å². The van der Waals surface area contributed by atoms with Crippen LogP contribution >= 0.6 is 0 Å². The molecule has 1 aliphatic heterocycles. The number of carbonyl (C=O) groups excluding carboxylic acids is 1. The Labute approximate surface area is 128 Å². The molecule has 0 spiro atoms. The molecule has 2 rings (SSSR count). The molecule has 2 aliphatic rings. The van der Waals surface area contributed by atoms with E-state index in [1.165, 1.54) is 19.3 Å². The molecule has 3 unspecified atom stereocenters. The van der Waals surface area contributed by atoms with Crippen LogP contribution in [0.5, 0.6) is 0 Å². The van der Waals surface area contributed by atoms with Crippen molar-refractivity contribution in [3.63, 3.8) is 0 Å². The summed E-state index contributed by atoms with van der Waals surface area (Å²) in [7, 11) is 0. The number of piperidine rings is 1. The molecule has 0 aromatic carbocycles. The van der Waals surface area contributed by atoms with Gasteiger partial charge in [0, 0.05) is 24.7 Å². The van der Waals surface area contributed by atoms with E-state index in [9.17, 15) is 4.79 Å². The Kier molecular flexibility index (Phi) is 5.88. The zero-order chi connectivity index (χ0) is 15.3. The van der Waals surface area contributed by atoms with Crippen LogP contribution in [0.4, 0.5) is 4.79 Å². The predicted octanol–water partition coefficient (Wildman–Crippen LogP) is 2.16. The maximum absolute atomic E-state index is 11.9. The summed E-state index contributed by atoms with van der Waals surface area (Å²) >= 11 is 0. The van der Waals surface area contributed by atoms with Crippen molar-refractivity contribution < 1.29 is 9.53 Å². The molecule has 0 aromatic rings. The van der Waals surface area contributed by atoms with Crippen LogP contribution in [0.15, 0.2) is 0 Å². The molecule has 0 aromatic heterocycles. The van der Waals surface area contributed by atoms with Crippen LogP contribution in [0.25, 0.3) is 0 Å². The van der Waals surface area contributed by atoms with Gasteiger partial charge < -0.3 is 20.7 Å². The third-order valence-corrected chi connectivity index (χ3v) is 4.26. The van der Waals surface area contributed by atoms with Crippen LogP contribution in [-0.2, 0) is 4.74 Å². The minimum Gasteiger partial charge on any atom is -0.444 e. The molecule has 1 amide bonds. The standard InChI is InChI=1S/C16H31N3O2/c1-16(2,3)21-15(20)19-14-9-6-8-13(14)18-11-12-7-4-5-10-17-12/h12-14,17-18H,4-11H2,1-3H3,(H,19,20). The molecule has 0 radical (unpaired) electrons. The van der Waals surface area contributed by atoms with Crippen LogP contribution in [0, 0.1) is 0 Å². The normalized spacial score (nSPS) is 30.1. The molecule has 1 aliphatic carbocycles. The van der Waals surface area contributed by atoms with Gasteiger partial charge in [0.2, 0.25) is 0 Å². The smallest absolute Gasteiger partial charge is 0.407 e. The predicted molar refractivity (Wildman–Crippen MR) is 84.4 cm³/mol. The number of carbonyl (C=O) groups is 1. The van der Waals surface area contributed by atoms with Crippen LogP contribution in [0.1, 0.15) is 59.3 Å². The minimum absolute atomic E-state index is 0.198. The van der Waals surface area contributed by atoms with Crippen molar-refractivity contribution in [1.29, 1.82) is 0 Å². The Balaban J connectivity index is 1.73. The molecule has 1 saturated carbocycles. The maximum Gasteiger partial charge on any atom is 0.407 e. The van der Waals surface area contributed by atoms with Crippen LogP contribution < -0.4 is 16.0 Å². The maximum atomic E-state index is 11.9. The van der Waals surface area contributed by atoms with Crippen LogP contribution in [0.3, 0.4) is 0 Å². The van der Waals surface area contributed by atoms with E-state index in [-0.39, 0.29) is 12.1 Å². The second-order valence-electron chi connectivity index (χ2n) is 7.35. The van der Waals surface area contributed by atoms with E-state index in [4.69, 9.17) is 4.74 Å². The van der Waals surface area contributed by atoms with Gasteiger partial charge in [-0.2, -0.15) is 0 Å². The lowest BCUT2D eigenvalue weighted by Crippen LogP contribution is -2.51. The Morgan fingerprint density at radius 2 is 1.90 bits per heavy atom. The third-order valence-electron chi connectivity index (χ3n) is 4.26. The van der Waals surface area contributed by atoms with Crippen molar-refractivity contribution in [3.8, 4) is 0 Å². The second kappa shape index (κ2) is 7.45. The fraction of sp³-hybridized carbons (Fsp3) is 0.938. The van der Waals surface area contributed by atoms with E-state index in [1.807, 2.05) is 20.8 Å².